The van der Waals surface area contributed by atoms with Crippen molar-refractivity contribution in [3.8, 4) is 5.75 Å². The molecule has 0 amide bonds. The van der Waals surface area contributed by atoms with Crippen LogP contribution in [0.3, 0.4) is 0 Å². The Hall–Kier alpha value is -1.81. The first kappa shape index (κ1) is 12.6. The summed E-state index contributed by atoms with van der Waals surface area (Å²) in [5, 5.41) is 4.47. The number of carbonyl (C=O) groups excluding carboxylic acids is 1. The van der Waals surface area contributed by atoms with E-state index in [0.29, 0.717) is 27.7 Å². The summed E-state index contributed by atoms with van der Waals surface area (Å²) >= 11 is 6.09. The van der Waals surface area contributed by atoms with E-state index in [1.807, 2.05) is 6.07 Å². The molecular weight excluding hydrogens is 252 g/mol. The summed E-state index contributed by atoms with van der Waals surface area (Å²) in [6.07, 6.45) is 0. The fourth-order valence-corrected chi connectivity index (χ4v) is 2.12. The van der Waals surface area contributed by atoms with Crippen molar-refractivity contribution in [3.63, 3.8) is 0 Å². The highest BCUT2D eigenvalue weighted by Crippen LogP contribution is 2.26. The topological polar surface area (TPSA) is 44.1 Å². The Labute approximate surface area is 110 Å². The maximum atomic E-state index is 12.5. The molecule has 0 radical (unpaired) electrons. The third-order valence-corrected chi connectivity index (χ3v) is 3.16. The van der Waals surface area contributed by atoms with Gasteiger partial charge in [-0.15, -0.1) is 0 Å². The number of benzene rings is 1. The zero-order chi connectivity index (χ0) is 13.3. The van der Waals surface area contributed by atoms with E-state index < -0.39 is 0 Å². The molecule has 2 rings (SSSR count). The van der Waals surface area contributed by atoms with Gasteiger partial charge in [0.25, 0.3) is 0 Å². The van der Waals surface area contributed by atoms with Crippen molar-refractivity contribution in [2.45, 2.75) is 6.92 Å². The van der Waals surface area contributed by atoms with Crippen molar-refractivity contribution in [3.05, 3.63) is 46.2 Å². The Morgan fingerprint density at radius 3 is 2.61 bits per heavy atom. The van der Waals surface area contributed by atoms with Crippen molar-refractivity contribution in [2.24, 2.45) is 7.05 Å². The number of nitrogens with zero attached hydrogens (tertiary/aromatic N) is 2. The summed E-state index contributed by atoms with van der Waals surface area (Å²) in [7, 11) is 3.23. The zero-order valence-corrected chi connectivity index (χ0v) is 11.2. The van der Waals surface area contributed by atoms with Crippen LogP contribution in [-0.2, 0) is 7.05 Å². The monoisotopic (exact) mass is 264 g/mol. The van der Waals surface area contributed by atoms with Gasteiger partial charge in [0.15, 0.2) is 0 Å². The number of hydrogen-bond donors (Lipinski definition) is 0. The number of halogens is 1. The molecule has 0 aliphatic carbocycles. The lowest BCUT2D eigenvalue weighted by molar-refractivity contribution is 0.103. The number of carbonyl (C=O) groups is 1. The van der Waals surface area contributed by atoms with E-state index in [-0.39, 0.29) is 5.78 Å². The summed E-state index contributed by atoms with van der Waals surface area (Å²) in [6, 6.07) is 7.06. The van der Waals surface area contributed by atoms with Crippen LogP contribution in [0, 0.1) is 6.92 Å². The molecule has 4 nitrogen and oxygen atoms in total. The van der Waals surface area contributed by atoms with Crippen molar-refractivity contribution < 1.29 is 9.53 Å². The Bertz CT molecular complexity index is 605. The zero-order valence-electron chi connectivity index (χ0n) is 10.4. The normalized spacial score (nSPS) is 10.4. The first-order valence-electron chi connectivity index (χ1n) is 5.43. The number of hydrogen-bond acceptors (Lipinski definition) is 3. The Morgan fingerprint density at radius 2 is 2.06 bits per heavy atom. The van der Waals surface area contributed by atoms with Gasteiger partial charge in [-0.05, 0) is 19.1 Å². The minimum absolute atomic E-state index is 0.178. The fraction of sp³-hybridized carbons (Fsp3) is 0.231. The van der Waals surface area contributed by atoms with E-state index in [0.717, 1.165) is 0 Å². The highest BCUT2D eigenvalue weighted by molar-refractivity contribution is 6.34. The van der Waals surface area contributed by atoms with E-state index in [4.69, 9.17) is 16.3 Å². The molecule has 0 fully saturated rings. The maximum Gasteiger partial charge on any atom is 0.201 e. The van der Waals surface area contributed by atoms with Crippen LogP contribution in [-0.4, -0.2) is 22.7 Å². The molecule has 0 bridgehead atoms. The van der Waals surface area contributed by atoms with Crippen LogP contribution < -0.4 is 4.74 Å². The molecule has 94 valence electrons. The summed E-state index contributed by atoms with van der Waals surface area (Å²) in [4.78, 5) is 12.5. The minimum Gasteiger partial charge on any atom is -0.496 e. The molecular formula is C13H13ClN2O2. The second-order valence-corrected chi connectivity index (χ2v) is 4.26. The van der Waals surface area contributed by atoms with E-state index >= 15 is 0 Å². The quantitative estimate of drug-likeness (QED) is 0.801. The molecule has 0 saturated carbocycles. The molecule has 0 atom stereocenters. The van der Waals surface area contributed by atoms with Gasteiger partial charge < -0.3 is 4.74 Å². The maximum absolute atomic E-state index is 12.5. The average Bonchev–Trinajstić information content (AvgIpc) is 2.62. The van der Waals surface area contributed by atoms with Gasteiger partial charge in [0.1, 0.15) is 10.9 Å². The molecule has 1 aromatic carbocycles. The van der Waals surface area contributed by atoms with Gasteiger partial charge in [-0.25, -0.2) is 0 Å². The molecule has 0 aliphatic heterocycles. The summed E-state index contributed by atoms with van der Waals surface area (Å²) in [6.45, 7) is 1.76. The van der Waals surface area contributed by atoms with E-state index in [1.165, 1.54) is 11.8 Å². The smallest absolute Gasteiger partial charge is 0.201 e. The van der Waals surface area contributed by atoms with Crippen LogP contribution >= 0.6 is 11.6 Å². The van der Waals surface area contributed by atoms with Gasteiger partial charge in [0.2, 0.25) is 5.78 Å². The Morgan fingerprint density at radius 1 is 1.39 bits per heavy atom. The highest BCUT2D eigenvalue weighted by Gasteiger charge is 2.22. The second-order valence-electron chi connectivity index (χ2n) is 3.90. The predicted octanol–water partition coefficient (Wildman–Crippen LogP) is 2.62. The predicted molar refractivity (Wildman–Crippen MR) is 69.4 cm³/mol. The van der Waals surface area contributed by atoms with Gasteiger partial charge in [0, 0.05) is 7.05 Å². The average molecular weight is 265 g/mol. The van der Waals surface area contributed by atoms with Crippen LogP contribution in [0.25, 0.3) is 0 Å². The van der Waals surface area contributed by atoms with Crippen molar-refractivity contribution in [2.75, 3.05) is 7.11 Å². The number of ketones is 1. The first-order chi connectivity index (χ1) is 8.56. The van der Waals surface area contributed by atoms with Crippen molar-refractivity contribution in [1.29, 1.82) is 0 Å². The molecule has 0 N–H and O–H groups in total. The molecule has 0 spiro atoms. The number of ether oxygens (including phenoxy) is 1. The molecule has 5 heteroatoms. The number of aromatic nitrogens is 2. The summed E-state index contributed by atoms with van der Waals surface area (Å²) < 4.78 is 6.67. The summed E-state index contributed by atoms with van der Waals surface area (Å²) in [5.74, 6) is 0.352. The molecule has 18 heavy (non-hydrogen) atoms. The molecule has 0 unspecified atom stereocenters. The van der Waals surface area contributed by atoms with Crippen LogP contribution in [0.5, 0.6) is 5.75 Å². The van der Waals surface area contributed by atoms with Crippen LogP contribution in [0.1, 0.15) is 21.6 Å². The lowest BCUT2D eigenvalue weighted by atomic mass is 10.0. The minimum atomic E-state index is -0.178. The Balaban J connectivity index is 2.55. The largest absolute Gasteiger partial charge is 0.496 e. The SMILES string of the molecule is COc1ccccc1C(=O)c1c(C)nn(C)c1Cl. The number of methoxy groups -OCH3 is 1. The van der Waals surface area contributed by atoms with Gasteiger partial charge in [0.05, 0.1) is 23.9 Å². The number of aryl methyl sites for hydroxylation is 2. The van der Waals surface area contributed by atoms with Crippen LogP contribution in [0.15, 0.2) is 24.3 Å². The molecule has 2 aromatic rings. The second kappa shape index (κ2) is 4.82. The lowest BCUT2D eigenvalue weighted by Crippen LogP contribution is -2.05. The number of rotatable bonds is 3. The molecule has 0 aliphatic rings. The van der Waals surface area contributed by atoms with E-state index in [1.54, 1.807) is 32.2 Å². The standard InChI is InChI=1S/C13H13ClN2O2/c1-8-11(13(14)16(2)15-8)12(17)9-6-4-5-7-10(9)18-3/h4-7H,1-3H3. The highest BCUT2D eigenvalue weighted by atomic mass is 35.5. The van der Waals surface area contributed by atoms with E-state index in [9.17, 15) is 4.79 Å². The molecule has 1 aromatic heterocycles. The molecule has 0 saturated heterocycles. The molecule has 1 heterocycles. The Kier molecular flexibility index (Phi) is 3.39. The summed E-state index contributed by atoms with van der Waals surface area (Å²) in [5.41, 5.74) is 1.51. The van der Waals surface area contributed by atoms with Crippen LogP contribution in [0.2, 0.25) is 5.15 Å². The van der Waals surface area contributed by atoms with Gasteiger partial charge >= 0.3 is 0 Å². The van der Waals surface area contributed by atoms with E-state index in [2.05, 4.69) is 5.10 Å². The van der Waals surface area contributed by atoms with Crippen LogP contribution in [0.4, 0.5) is 0 Å². The first-order valence-corrected chi connectivity index (χ1v) is 5.81. The van der Waals surface area contributed by atoms with Gasteiger partial charge in [-0.3, -0.25) is 9.48 Å². The van der Waals surface area contributed by atoms with Crippen molar-refractivity contribution >= 4 is 17.4 Å². The third kappa shape index (κ3) is 1.99. The fourth-order valence-electron chi connectivity index (χ4n) is 1.85. The number of para-hydroxylation sites is 1. The van der Waals surface area contributed by atoms with Crippen molar-refractivity contribution in [1.82, 2.24) is 9.78 Å². The van der Waals surface area contributed by atoms with Gasteiger partial charge in [-0.2, -0.15) is 5.10 Å². The lowest BCUT2D eigenvalue weighted by Gasteiger charge is -2.06. The third-order valence-electron chi connectivity index (χ3n) is 2.73. The van der Waals surface area contributed by atoms with Gasteiger partial charge in [-0.1, -0.05) is 23.7 Å².